The largest absolute Gasteiger partial charge is 0.347 e. The molecule has 0 aromatic carbocycles. The van der Waals surface area contributed by atoms with E-state index in [0.717, 1.165) is 60.3 Å². The van der Waals surface area contributed by atoms with Gasteiger partial charge in [-0.15, -0.1) is 0 Å². The Morgan fingerprint density at radius 1 is 1.25 bits per heavy atom. The molecule has 0 bridgehead atoms. The minimum absolute atomic E-state index is 0.00803. The van der Waals surface area contributed by atoms with Gasteiger partial charge < -0.3 is 9.88 Å². The quantitative estimate of drug-likeness (QED) is 0.319. The van der Waals surface area contributed by atoms with Gasteiger partial charge in [-0.25, -0.2) is 14.6 Å². The van der Waals surface area contributed by atoms with E-state index in [1.165, 1.54) is 18.5 Å². The molecule has 1 aliphatic carbocycles. The van der Waals surface area contributed by atoms with Gasteiger partial charge in [-0.1, -0.05) is 36.8 Å². The van der Waals surface area contributed by atoms with Crippen LogP contribution < -0.4 is 5.32 Å². The lowest BCUT2D eigenvalue weighted by molar-refractivity contribution is 0.0568. The van der Waals surface area contributed by atoms with Gasteiger partial charge in [-0.2, -0.15) is 13.9 Å². The predicted octanol–water partition coefficient (Wildman–Crippen LogP) is 5.91. The Hall–Kier alpha value is -2.92. The molecule has 0 aliphatic heterocycles. The number of nitrogens with one attached hydrogen (secondary N) is 1. The van der Waals surface area contributed by atoms with Crippen molar-refractivity contribution in [2.24, 2.45) is 5.92 Å². The maximum Gasteiger partial charge on any atom is 0.333 e. The highest BCUT2D eigenvalue weighted by molar-refractivity contribution is 7.17. The first-order valence-corrected chi connectivity index (χ1v) is 13.1. The molecule has 4 aromatic heterocycles. The second kappa shape index (κ2) is 10.2. The van der Waals surface area contributed by atoms with Gasteiger partial charge in [0.1, 0.15) is 21.4 Å². The molecule has 0 radical (unpaired) electrons. The lowest BCUT2D eigenvalue weighted by atomic mass is 9.90. The summed E-state index contributed by atoms with van der Waals surface area (Å²) in [7, 11) is 0. The summed E-state index contributed by atoms with van der Waals surface area (Å²) in [5.41, 5.74) is 2.55. The molecule has 2 atom stereocenters. The van der Waals surface area contributed by atoms with Gasteiger partial charge in [0.25, 0.3) is 5.91 Å². The predicted molar refractivity (Wildman–Crippen MR) is 134 cm³/mol. The number of fused-ring (bicyclic) bond motifs is 1. The van der Waals surface area contributed by atoms with Crippen LogP contribution in [0.25, 0.3) is 22.4 Å². The van der Waals surface area contributed by atoms with Crippen LogP contribution in [-0.4, -0.2) is 41.2 Å². The Morgan fingerprint density at radius 2 is 2.08 bits per heavy atom. The monoisotopic (exact) mass is 533 g/mol. The van der Waals surface area contributed by atoms with Crippen molar-refractivity contribution in [1.82, 2.24) is 34.6 Å². The van der Waals surface area contributed by atoms with Crippen LogP contribution in [0, 0.1) is 5.92 Å². The van der Waals surface area contributed by atoms with Gasteiger partial charge in [0.05, 0.1) is 23.6 Å². The SMILES string of the molecule is CC(C)Cc1nc2cnc(-c3ccn(C(F)F)n3)cc2n1C1CCCC(NC(=O)c2ncc(Cl)s2)C1. The summed E-state index contributed by atoms with van der Waals surface area (Å²) < 4.78 is 29.4. The van der Waals surface area contributed by atoms with E-state index in [1.54, 1.807) is 6.20 Å². The fraction of sp³-hybridized carbons (Fsp3) is 0.458. The summed E-state index contributed by atoms with van der Waals surface area (Å²) in [6.45, 7) is 1.58. The van der Waals surface area contributed by atoms with Crippen molar-refractivity contribution in [3.63, 3.8) is 0 Å². The van der Waals surface area contributed by atoms with Crippen LogP contribution in [0.3, 0.4) is 0 Å². The van der Waals surface area contributed by atoms with Crippen LogP contribution in [0.5, 0.6) is 0 Å². The number of thiazole rings is 1. The smallest absolute Gasteiger partial charge is 0.333 e. The lowest BCUT2D eigenvalue weighted by Crippen LogP contribution is -2.39. The maximum absolute atomic E-state index is 13.0. The number of hydrogen-bond donors (Lipinski definition) is 1. The number of hydrogen-bond acceptors (Lipinski definition) is 6. The van der Waals surface area contributed by atoms with E-state index in [2.05, 4.69) is 38.8 Å². The molecule has 1 aliphatic rings. The zero-order valence-corrected chi connectivity index (χ0v) is 21.4. The molecule has 190 valence electrons. The summed E-state index contributed by atoms with van der Waals surface area (Å²) in [5, 5.41) is 7.45. The van der Waals surface area contributed by atoms with Crippen LogP contribution in [-0.2, 0) is 6.42 Å². The number of aromatic nitrogens is 6. The fourth-order valence-corrected chi connectivity index (χ4v) is 5.64. The molecule has 0 saturated heterocycles. The van der Waals surface area contributed by atoms with Gasteiger partial charge in [-0.05, 0) is 43.7 Å². The standard InChI is InChI=1S/C24H26ClF2N7OS/c1-13(2)8-21-31-18-11-28-17(16-6-7-33(32-16)24(26)27)10-19(18)34(21)15-5-3-4-14(9-15)30-22(35)23-29-12-20(25)36-23/h6-7,10-15,24H,3-5,8-9H2,1-2H3,(H,30,35). The average molecular weight is 534 g/mol. The summed E-state index contributed by atoms with van der Waals surface area (Å²) >= 11 is 7.11. The molecular weight excluding hydrogens is 508 g/mol. The van der Waals surface area contributed by atoms with E-state index in [0.29, 0.717) is 31.3 Å². The first kappa shape index (κ1) is 24.8. The minimum Gasteiger partial charge on any atom is -0.347 e. The molecule has 12 heteroatoms. The van der Waals surface area contributed by atoms with E-state index in [4.69, 9.17) is 16.6 Å². The van der Waals surface area contributed by atoms with Crippen LogP contribution in [0.1, 0.15) is 67.7 Å². The number of alkyl halides is 2. The van der Waals surface area contributed by atoms with Gasteiger partial charge in [0.15, 0.2) is 5.01 Å². The summed E-state index contributed by atoms with van der Waals surface area (Å²) in [6, 6.07) is 3.53. The van der Waals surface area contributed by atoms with Crippen molar-refractivity contribution >= 4 is 39.9 Å². The van der Waals surface area contributed by atoms with Crippen molar-refractivity contribution in [3.8, 4) is 11.4 Å². The van der Waals surface area contributed by atoms with E-state index in [1.807, 2.05) is 6.07 Å². The Labute approximate surface area is 215 Å². The third kappa shape index (κ3) is 5.12. The fourth-order valence-electron chi connectivity index (χ4n) is 4.82. The Balaban J connectivity index is 1.46. The summed E-state index contributed by atoms with van der Waals surface area (Å²) in [5.74, 6) is 1.14. The van der Waals surface area contributed by atoms with Crippen LogP contribution in [0.15, 0.2) is 30.7 Å². The molecule has 8 nitrogen and oxygen atoms in total. The van der Waals surface area contributed by atoms with Crippen LogP contribution in [0.4, 0.5) is 8.78 Å². The zero-order valence-electron chi connectivity index (χ0n) is 19.9. The number of amides is 1. The van der Waals surface area contributed by atoms with E-state index < -0.39 is 6.55 Å². The number of halogens is 3. The maximum atomic E-state index is 13.0. The van der Waals surface area contributed by atoms with Gasteiger partial charge >= 0.3 is 6.55 Å². The Morgan fingerprint density at radius 3 is 2.78 bits per heavy atom. The highest BCUT2D eigenvalue weighted by Crippen LogP contribution is 2.35. The average Bonchev–Trinajstić information content (AvgIpc) is 3.56. The number of carbonyl (C=O) groups is 1. The molecule has 1 fully saturated rings. The van der Waals surface area contributed by atoms with E-state index in [9.17, 15) is 13.6 Å². The molecule has 1 saturated carbocycles. The topological polar surface area (TPSA) is 90.5 Å². The Bertz CT molecular complexity index is 1380. The number of rotatable bonds is 7. The summed E-state index contributed by atoms with van der Waals surface area (Å²) in [6.07, 6.45) is 8.73. The van der Waals surface area contributed by atoms with Crippen molar-refractivity contribution in [2.45, 2.75) is 64.6 Å². The Kier molecular flexibility index (Phi) is 7.03. The normalized spacial score (nSPS) is 18.4. The van der Waals surface area contributed by atoms with Gasteiger partial charge in [0.2, 0.25) is 0 Å². The third-order valence-electron chi connectivity index (χ3n) is 6.33. The minimum atomic E-state index is -2.71. The van der Waals surface area contributed by atoms with Gasteiger partial charge in [0, 0.05) is 24.7 Å². The molecule has 4 heterocycles. The highest BCUT2D eigenvalue weighted by Gasteiger charge is 2.29. The lowest BCUT2D eigenvalue weighted by Gasteiger charge is -2.32. The first-order valence-electron chi connectivity index (χ1n) is 11.9. The second-order valence-electron chi connectivity index (χ2n) is 9.47. The number of imidazole rings is 1. The number of pyridine rings is 1. The third-order valence-corrected chi connectivity index (χ3v) is 7.44. The van der Waals surface area contributed by atoms with Crippen molar-refractivity contribution in [1.29, 1.82) is 0 Å². The summed E-state index contributed by atoms with van der Waals surface area (Å²) in [4.78, 5) is 26.1. The molecule has 0 spiro atoms. The second-order valence-corrected chi connectivity index (χ2v) is 11.1. The molecule has 36 heavy (non-hydrogen) atoms. The molecule has 1 amide bonds. The van der Waals surface area contributed by atoms with E-state index >= 15 is 0 Å². The molecule has 2 unspecified atom stereocenters. The van der Waals surface area contributed by atoms with Crippen molar-refractivity contribution in [3.05, 3.63) is 45.9 Å². The highest BCUT2D eigenvalue weighted by atomic mass is 35.5. The first-order chi connectivity index (χ1) is 17.3. The number of carbonyl (C=O) groups excluding carboxylic acids is 1. The molecular formula is C24H26ClF2N7OS. The van der Waals surface area contributed by atoms with Crippen molar-refractivity contribution < 1.29 is 13.6 Å². The molecule has 4 aromatic rings. The number of nitrogens with zero attached hydrogens (tertiary/aromatic N) is 6. The molecule has 1 N–H and O–H groups in total. The zero-order chi connectivity index (χ0) is 25.4. The van der Waals surface area contributed by atoms with Crippen LogP contribution >= 0.6 is 22.9 Å². The van der Waals surface area contributed by atoms with Crippen molar-refractivity contribution in [2.75, 3.05) is 0 Å². The molecule has 5 rings (SSSR count). The van der Waals surface area contributed by atoms with E-state index in [-0.39, 0.29) is 18.0 Å². The van der Waals surface area contributed by atoms with Crippen LogP contribution in [0.2, 0.25) is 4.34 Å². The van der Waals surface area contributed by atoms with Gasteiger partial charge in [-0.3, -0.25) is 9.78 Å².